The molecule has 1 fully saturated rings. The van der Waals surface area contributed by atoms with Gasteiger partial charge < -0.3 is 16.0 Å². The first-order valence-corrected chi connectivity index (χ1v) is 13.9. The van der Waals surface area contributed by atoms with Crippen molar-refractivity contribution in [2.24, 2.45) is 23.3 Å². The van der Waals surface area contributed by atoms with Crippen LogP contribution in [-0.2, 0) is 0 Å². The van der Waals surface area contributed by atoms with Crippen LogP contribution in [0.25, 0.3) is 38.9 Å². The highest BCUT2D eigenvalue weighted by Crippen LogP contribution is 2.39. The first kappa shape index (κ1) is 25.4. The molecule has 1 saturated carbocycles. The lowest BCUT2D eigenvalue weighted by Crippen LogP contribution is -2.22. The molecule has 0 amide bonds. The summed E-state index contributed by atoms with van der Waals surface area (Å²) < 4.78 is 2.31. The van der Waals surface area contributed by atoms with Crippen molar-refractivity contribution >= 4 is 33.2 Å². The van der Waals surface area contributed by atoms with E-state index in [2.05, 4.69) is 115 Å². The maximum absolute atomic E-state index is 6.70. The third-order valence-corrected chi connectivity index (χ3v) is 7.92. The molecule has 198 valence electrons. The van der Waals surface area contributed by atoms with Crippen molar-refractivity contribution in [2.75, 3.05) is 0 Å². The Hall–Kier alpha value is -4.83. The van der Waals surface area contributed by atoms with Crippen molar-refractivity contribution in [1.29, 1.82) is 0 Å². The van der Waals surface area contributed by atoms with Crippen LogP contribution >= 0.6 is 0 Å². The largest absolute Gasteiger partial charge is 0.405 e. The minimum absolute atomic E-state index is 0.445. The number of nitrogens with zero attached hydrogens (tertiary/aromatic N) is 2. The quantitative estimate of drug-likeness (QED) is 0.213. The Kier molecular flexibility index (Phi) is 7.07. The molecule has 0 spiro atoms. The summed E-state index contributed by atoms with van der Waals surface area (Å²) >= 11 is 0. The summed E-state index contributed by atoms with van der Waals surface area (Å²) in [5.74, 6) is 0.937. The molecule has 2 unspecified atom stereocenters. The van der Waals surface area contributed by atoms with Gasteiger partial charge in [0.2, 0.25) is 0 Å². The summed E-state index contributed by atoms with van der Waals surface area (Å²) in [5.41, 5.74) is 21.9. The first-order chi connectivity index (χ1) is 19.6. The molecule has 2 aromatic heterocycles. The van der Waals surface area contributed by atoms with Crippen LogP contribution in [0.2, 0.25) is 0 Å². The van der Waals surface area contributed by atoms with E-state index >= 15 is 0 Å². The Balaban J connectivity index is 1.47. The van der Waals surface area contributed by atoms with E-state index in [9.17, 15) is 0 Å². The molecule has 4 nitrogen and oxygen atoms in total. The van der Waals surface area contributed by atoms with Gasteiger partial charge in [0.15, 0.2) is 0 Å². The highest BCUT2D eigenvalue weighted by molar-refractivity contribution is 6.07. The van der Waals surface area contributed by atoms with E-state index in [4.69, 9.17) is 16.5 Å². The average Bonchev–Trinajstić information content (AvgIpc) is 3.31. The smallest absolute Gasteiger partial charge is 0.0963 e. The fraction of sp³-hybridized carbons (Fsp3) is 0.139. The predicted molar refractivity (Wildman–Crippen MR) is 169 cm³/mol. The number of aryl methyl sites for hydroxylation is 1. The first-order valence-electron chi connectivity index (χ1n) is 13.9. The van der Waals surface area contributed by atoms with E-state index < -0.39 is 0 Å². The molecular formula is C36H34N4. The summed E-state index contributed by atoms with van der Waals surface area (Å²) in [5, 5.41) is 1.15. The number of benzene rings is 3. The second kappa shape index (κ2) is 11.1. The van der Waals surface area contributed by atoms with E-state index in [1.807, 2.05) is 18.3 Å². The molecule has 3 aromatic carbocycles. The standard InChI is InChI=1S/C36H34N4/c1-25-14-16-27(17-15-25)33(38)24-30(22-29-19-18-26(29)8-4-5-20-37)28-9-6-10-31(23-28)40-34-12-3-2-11-32(34)36-35(40)13-7-21-39-36/h2-17,20-24,26,29H,18-19,37-38H2,1H3/b8-4-,20-5-,30-22+,33-24-. The fourth-order valence-corrected chi connectivity index (χ4v) is 5.61. The van der Waals surface area contributed by atoms with E-state index in [0.717, 1.165) is 56.4 Å². The van der Waals surface area contributed by atoms with Crippen LogP contribution < -0.4 is 11.5 Å². The van der Waals surface area contributed by atoms with Crippen LogP contribution in [0, 0.1) is 18.8 Å². The van der Waals surface area contributed by atoms with Crippen molar-refractivity contribution in [3.8, 4) is 5.69 Å². The minimum atomic E-state index is 0.445. The summed E-state index contributed by atoms with van der Waals surface area (Å²) in [4.78, 5) is 4.71. The molecule has 0 saturated heterocycles. The maximum Gasteiger partial charge on any atom is 0.0963 e. The number of hydrogen-bond donors (Lipinski definition) is 2. The molecule has 4 heteroatoms. The second-order valence-electron chi connectivity index (χ2n) is 10.5. The van der Waals surface area contributed by atoms with Gasteiger partial charge in [-0.25, -0.2) is 0 Å². The third-order valence-electron chi connectivity index (χ3n) is 7.92. The van der Waals surface area contributed by atoms with Crippen molar-refractivity contribution in [3.63, 3.8) is 0 Å². The molecule has 0 radical (unpaired) electrons. The molecule has 2 heterocycles. The molecule has 4 N–H and O–H groups in total. The van der Waals surface area contributed by atoms with Gasteiger partial charge in [0, 0.05) is 23.0 Å². The fourth-order valence-electron chi connectivity index (χ4n) is 5.61. The molecular weight excluding hydrogens is 488 g/mol. The number of aromatic nitrogens is 2. The number of para-hydroxylation sites is 1. The number of allylic oxidation sites excluding steroid dienone is 6. The van der Waals surface area contributed by atoms with Crippen LogP contribution in [0.1, 0.15) is 29.5 Å². The highest BCUT2D eigenvalue weighted by atomic mass is 15.0. The Labute approximate surface area is 235 Å². The van der Waals surface area contributed by atoms with Gasteiger partial charge in [-0.15, -0.1) is 0 Å². The summed E-state index contributed by atoms with van der Waals surface area (Å²) in [6.45, 7) is 2.09. The van der Waals surface area contributed by atoms with Gasteiger partial charge in [-0.3, -0.25) is 4.98 Å². The summed E-state index contributed by atoms with van der Waals surface area (Å²) in [6.07, 6.45) is 16.5. The van der Waals surface area contributed by atoms with Crippen molar-refractivity contribution in [1.82, 2.24) is 9.55 Å². The van der Waals surface area contributed by atoms with Gasteiger partial charge in [-0.2, -0.15) is 0 Å². The van der Waals surface area contributed by atoms with Gasteiger partial charge in [-0.05, 0) is 97.0 Å². The molecule has 2 atom stereocenters. The summed E-state index contributed by atoms with van der Waals surface area (Å²) in [6, 6.07) is 29.8. The summed E-state index contributed by atoms with van der Waals surface area (Å²) in [7, 11) is 0. The SMILES string of the molecule is Cc1ccc(/C(N)=C/C(=C\C2CCC2/C=C\C=C/N)c2cccc(-n3c4ccccc4c4ncccc43)c2)cc1. The van der Waals surface area contributed by atoms with Crippen LogP contribution in [0.15, 0.2) is 128 Å². The second-order valence-corrected chi connectivity index (χ2v) is 10.5. The monoisotopic (exact) mass is 522 g/mol. The number of nitrogens with two attached hydrogens (primary N) is 2. The zero-order valence-corrected chi connectivity index (χ0v) is 22.7. The molecule has 0 bridgehead atoms. The number of hydrogen-bond acceptors (Lipinski definition) is 3. The Morgan fingerprint density at radius 1 is 0.850 bits per heavy atom. The van der Waals surface area contributed by atoms with Gasteiger partial charge in [0.1, 0.15) is 0 Å². The lowest BCUT2D eigenvalue weighted by Gasteiger charge is -2.33. The molecule has 6 rings (SSSR count). The zero-order chi connectivity index (χ0) is 27.5. The van der Waals surface area contributed by atoms with Crippen molar-refractivity contribution in [3.05, 3.63) is 144 Å². The number of rotatable bonds is 7. The Bertz CT molecular complexity index is 1730. The van der Waals surface area contributed by atoms with Crippen LogP contribution in [0.5, 0.6) is 0 Å². The topological polar surface area (TPSA) is 69.9 Å². The van der Waals surface area contributed by atoms with E-state index in [-0.39, 0.29) is 0 Å². The van der Waals surface area contributed by atoms with E-state index in [0.29, 0.717) is 11.8 Å². The third kappa shape index (κ3) is 4.96. The molecule has 0 aliphatic heterocycles. The van der Waals surface area contributed by atoms with Crippen molar-refractivity contribution < 1.29 is 0 Å². The highest BCUT2D eigenvalue weighted by Gasteiger charge is 2.27. The van der Waals surface area contributed by atoms with Crippen LogP contribution in [0.4, 0.5) is 0 Å². The zero-order valence-electron chi connectivity index (χ0n) is 22.7. The lowest BCUT2D eigenvalue weighted by molar-refractivity contribution is 0.287. The maximum atomic E-state index is 6.70. The average molecular weight is 523 g/mol. The molecule has 1 aliphatic carbocycles. The Morgan fingerprint density at radius 2 is 1.65 bits per heavy atom. The van der Waals surface area contributed by atoms with Crippen molar-refractivity contribution in [2.45, 2.75) is 19.8 Å². The Morgan fingerprint density at radius 3 is 2.45 bits per heavy atom. The van der Waals surface area contributed by atoms with Gasteiger partial charge in [0.25, 0.3) is 0 Å². The number of fused-ring (bicyclic) bond motifs is 3. The lowest BCUT2D eigenvalue weighted by atomic mass is 9.72. The number of pyridine rings is 1. The molecule has 1 aliphatic rings. The van der Waals surface area contributed by atoms with Gasteiger partial charge >= 0.3 is 0 Å². The van der Waals surface area contributed by atoms with Crippen LogP contribution in [-0.4, -0.2) is 9.55 Å². The van der Waals surface area contributed by atoms with Gasteiger partial charge in [-0.1, -0.05) is 78.4 Å². The van der Waals surface area contributed by atoms with Gasteiger partial charge in [0.05, 0.1) is 16.6 Å². The molecule has 5 aromatic rings. The minimum Gasteiger partial charge on any atom is -0.405 e. The van der Waals surface area contributed by atoms with E-state index in [1.165, 1.54) is 12.0 Å². The van der Waals surface area contributed by atoms with Crippen LogP contribution in [0.3, 0.4) is 0 Å². The molecule has 40 heavy (non-hydrogen) atoms. The van der Waals surface area contributed by atoms with E-state index in [1.54, 1.807) is 6.20 Å². The predicted octanol–water partition coefficient (Wildman–Crippen LogP) is 7.93. The normalized spacial score (nSPS) is 18.2.